The lowest BCUT2D eigenvalue weighted by Gasteiger charge is -2.80. The van der Waals surface area contributed by atoms with E-state index in [4.69, 9.17) is 0 Å². The van der Waals surface area contributed by atoms with Gasteiger partial charge >= 0.3 is 0 Å². The molecule has 9 atom stereocenters. The van der Waals surface area contributed by atoms with E-state index in [1.807, 2.05) is 0 Å². The molecule has 10 rings (SSSR count). The zero-order valence-corrected chi connectivity index (χ0v) is 34.6. The minimum absolute atomic E-state index is 0.0108. The van der Waals surface area contributed by atoms with Crippen molar-refractivity contribution in [2.75, 3.05) is 0 Å². The minimum Gasteiger partial charge on any atom is -0.0805 e. The maximum absolute atomic E-state index is 2.75. The van der Waals surface area contributed by atoms with Gasteiger partial charge in [0.2, 0.25) is 0 Å². The molecule has 0 saturated heterocycles. The smallest absolute Gasteiger partial charge is 0.0276 e. The molecular weight excluding hydrogens is 661 g/mol. The Balaban J connectivity index is 1.25. The van der Waals surface area contributed by atoms with Gasteiger partial charge in [-0.3, -0.25) is 0 Å². The highest BCUT2D eigenvalue weighted by molar-refractivity contribution is 6.14. The van der Waals surface area contributed by atoms with Gasteiger partial charge < -0.3 is 0 Å². The van der Waals surface area contributed by atoms with E-state index < -0.39 is 0 Å². The summed E-state index contributed by atoms with van der Waals surface area (Å²) >= 11 is 0. The Labute approximate surface area is 330 Å². The van der Waals surface area contributed by atoms with Crippen molar-refractivity contribution in [3.63, 3.8) is 0 Å². The van der Waals surface area contributed by atoms with E-state index in [1.54, 1.807) is 16.7 Å². The summed E-state index contributed by atoms with van der Waals surface area (Å²) in [5.41, 5.74) is 9.78. The third kappa shape index (κ3) is 3.68. The van der Waals surface area contributed by atoms with Crippen molar-refractivity contribution in [3.8, 4) is 11.1 Å². The van der Waals surface area contributed by atoms with Gasteiger partial charge in [-0.1, -0.05) is 212 Å². The van der Waals surface area contributed by atoms with Gasteiger partial charge in [0, 0.05) is 33.0 Å². The fourth-order valence-electron chi connectivity index (χ4n) is 15.1. The quantitative estimate of drug-likeness (QED) is 0.184. The van der Waals surface area contributed by atoms with Crippen molar-refractivity contribution >= 4 is 27.6 Å². The largest absolute Gasteiger partial charge is 0.0805 e. The highest BCUT2D eigenvalue weighted by atomic mass is 14.9. The van der Waals surface area contributed by atoms with Crippen LogP contribution in [-0.4, -0.2) is 0 Å². The molecule has 0 heterocycles. The molecule has 0 nitrogen and oxygen atoms in total. The lowest BCUT2D eigenvalue weighted by Crippen LogP contribution is -2.76. The second kappa shape index (κ2) is 11.1. The average Bonchev–Trinajstić information content (AvgIpc) is 3.64. The SMILES string of the molecule is CCCC1=Cc2c(-c3c4ccccc4cc4ccccc34)cccc2C1C1=CC=CC2(C)C3(C)C=CC=CC3(C)C3(C)C4(C)C(C)=CC=CC4CC3(C)C12C. The molecule has 0 radical (unpaired) electrons. The van der Waals surface area contributed by atoms with Gasteiger partial charge in [-0.15, -0.1) is 0 Å². The van der Waals surface area contributed by atoms with Gasteiger partial charge in [0.1, 0.15) is 0 Å². The summed E-state index contributed by atoms with van der Waals surface area (Å²) in [6.45, 7) is 23.6. The first-order valence-corrected chi connectivity index (χ1v) is 21.1. The first-order valence-electron chi connectivity index (χ1n) is 21.1. The molecule has 0 aromatic heterocycles. The van der Waals surface area contributed by atoms with E-state index in [2.05, 4.69) is 202 Å². The van der Waals surface area contributed by atoms with Crippen LogP contribution in [0.1, 0.15) is 98.6 Å². The van der Waals surface area contributed by atoms with Crippen molar-refractivity contribution in [2.24, 2.45) is 43.8 Å². The molecule has 0 amide bonds. The van der Waals surface area contributed by atoms with Crippen molar-refractivity contribution in [1.29, 1.82) is 0 Å². The van der Waals surface area contributed by atoms with Gasteiger partial charge in [0.15, 0.2) is 0 Å². The maximum atomic E-state index is 2.75. The van der Waals surface area contributed by atoms with Crippen LogP contribution in [0.4, 0.5) is 0 Å². The van der Waals surface area contributed by atoms with Gasteiger partial charge in [-0.2, -0.15) is 0 Å². The van der Waals surface area contributed by atoms with Crippen LogP contribution in [0.5, 0.6) is 0 Å². The van der Waals surface area contributed by atoms with E-state index in [-0.39, 0.29) is 43.8 Å². The number of rotatable bonds is 4. The molecule has 6 aliphatic rings. The van der Waals surface area contributed by atoms with E-state index in [0.29, 0.717) is 5.92 Å². The Kier molecular flexibility index (Phi) is 7.08. The molecule has 0 aliphatic heterocycles. The maximum Gasteiger partial charge on any atom is 0.0276 e. The van der Waals surface area contributed by atoms with E-state index in [9.17, 15) is 0 Å². The first kappa shape index (κ1) is 35.0. The zero-order valence-electron chi connectivity index (χ0n) is 34.6. The normalized spacial score (nSPS) is 39.3. The number of fused-ring (bicyclic) bond motifs is 11. The van der Waals surface area contributed by atoms with Crippen LogP contribution in [0.2, 0.25) is 0 Å². The zero-order chi connectivity index (χ0) is 38.4. The predicted octanol–water partition coefficient (Wildman–Crippen LogP) is 15.2. The molecule has 278 valence electrons. The molecule has 0 heteroatoms. The molecule has 6 aliphatic carbocycles. The average molecular weight is 719 g/mol. The van der Waals surface area contributed by atoms with E-state index in [0.717, 1.165) is 12.8 Å². The molecule has 9 unspecified atom stereocenters. The van der Waals surface area contributed by atoms with Gasteiger partial charge in [0.25, 0.3) is 0 Å². The second-order valence-electron chi connectivity index (χ2n) is 19.5. The summed E-state index contributed by atoms with van der Waals surface area (Å²) in [5, 5.41) is 5.28. The number of benzene rings is 4. The third-order valence-electron chi connectivity index (χ3n) is 18.7. The molecule has 0 bridgehead atoms. The highest BCUT2D eigenvalue weighted by Crippen LogP contribution is 2.91. The highest BCUT2D eigenvalue weighted by Gasteiger charge is 2.85. The molecular formula is C55H58. The summed E-state index contributed by atoms with van der Waals surface area (Å²) in [7, 11) is 0. The molecule has 4 aromatic carbocycles. The fraction of sp³-hybridized carbons (Fsp3) is 0.382. The number of allylic oxidation sites excluding steroid dienone is 13. The lowest BCUT2D eigenvalue weighted by molar-refractivity contribution is -0.267. The van der Waals surface area contributed by atoms with Gasteiger partial charge in [-0.05, 0) is 86.4 Å². The summed E-state index contributed by atoms with van der Waals surface area (Å²) in [5.74, 6) is 0.706. The summed E-state index contributed by atoms with van der Waals surface area (Å²) in [6, 6.07) is 27.6. The first-order chi connectivity index (χ1) is 26.3. The van der Waals surface area contributed by atoms with Gasteiger partial charge in [0.05, 0.1) is 0 Å². The fourth-order valence-corrected chi connectivity index (χ4v) is 15.1. The van der Waals surface area contributed by atoms with Crippen LogP contribution in [-0.2, 0) is 0 Å². The van der Waals surface area contributed by atoms with Crippen LogP contribution >= 0.6 is 0 Å². The summed E-state index contributed by atoms with van der Waals surface area (Å²) in [4.78, 5) is 0. The van der Waals surface area contributed by atoms with Crippen molar-refractivity contribution < 1.29 is 0 Å². The molecule has 4 aromatic rings. The van der Waals surface area contributed by atoms with Crippen LogP contribution in [0.15, 0.2) is 150 Å². The Morgan fingerprint density at radius 2 is 1.33 bits per heavy atom. The monoisotopic (exact) mass is 718 g/mol. The topological polar surface area (TPSA) is 0 Å². The predicted molar refractivity (Wildman–Crippen MR) is 236 cm³/mol. The Morgan fingerprint density at radius 1 is 0.673 bits per heavy atom. The van der Waals surface area contributed by atoms with Crippen LogP contribution in [0.3, 0.4) is 0 Å². The van der Waals surface area contributed by atoms with E-state index in [1.165, 1.54) is 50.2 Å². The summed E-state index contributed by atoms with van der Waals surface area (Å²) in [6.07, 6.45) is 31.2. The second-order valence-corrected chi connectivity index (χ2v) is 19.5. The van der Waals surface area contributed by atoms with Crippen molar-refractivity contribution in [1.82, 2.24) is 0 Å². The van der Waals surface area contributed by atoms with Crippen LogP contribution < -0.4 is 0 Å². The summed E-state index contributed by atoms with van der Waals surface area (Å²) < 4.78 is 0. The van der Waals surface area contributed by atoms with Crippen LogP contribution in [0.25, 0.3) is 38.7 Å². The van der Waals surface area contributed by atoms with Crippen LogP contribution in [0, 0.1) is 43.8 Å². The molecule has 2 fully saturated rings. The Bertz CT molecular complexity index is 2510. The molecule has 2 saturated carbocycles. The standard InChI is InChI=1S/C55H58/c1-10-20-39-34-45-43(27-18-28-44(45)48-41-25-13-11-22-37(41)33-38-23-12-14-26-42(38)48)47(39)46-29-19-32-50(4)49(3)30-15-16-31-51(49,5)55(9)52(6,54(46,50)8)35-40-24-17-21-36(2)53(40,55)7/h11-19,21-34,40,47H,10,20,35H2,1-9H3. The molecule has 0 N–H and O–H groups in total. The Morgan fingerprint density at radius 3 is 2.02 bits per heavy atom. The molecule has 0 spiro atoms. The minimum atomic E-state index is -0.164. The number of hydrogen-bond acceptors (Lipinski definition) is 0. The van der Waals surface area contributed by atoms with Gasteiger partial charge in [-0.25, -0.2) is 0 Å². The van der Waals surface area contributed by atoms with E-state index >= 15 is 0 Å². The number of hydrogen-bond donors (Lipinski definition) is 0. The Hall–Kier alpha value is -4.42. The third-order valence-corrected chi connectivity index (χ3v) is 18.7. The van der Waals surface area contributed by atoms with Crippen molar-refractivity contribution in [3.05, 3.63) is 161 Å². The lowest BCUT2D eigenvalue weighted by atomic mass is 9.22. The molecule has 55 heavy (non-hydrogen) atoms. The van der Waals surface area contributed by atoms with Crippen molar-refractivity contribution in [2.45, 2.75) is 87.5 Å².